The summed E-state index contributed by atoms with van der Waals surface area (Å²) in [7, 11) is 2.50. The SMILES string of the molecule is CON([O-])COc1ccc(C(O)c2ccc(OCN([O-])OC)cc2)cc1. The lowest BCUT2D eigenvalue weighted by Crippen LogP contribution is -2.20. The standard InChI is InChI=1S/C17H20N2O7/c1-23-18(21)11-25-15-7-3-13(4-8-15)17(20)14-5-9-16(10-6-14)26-12-19(22)24-2/h3-10,17,20H,11-12H2,1-2H3/q-2. The van der Waals surface area contributed by atoms with Crippen molar-refractivity contribution < 1.29 is 24.3 Å². The van der Waals surface area contributed by atoms with Crippen molar-refractivity contribution in [3.63, 3.8) is 0 Å². The van der Waals surface area contributed by atoms with Gasteiger partial charge in [-0.15, -0.1) is 0 Å². The van der Waals surface area contributed by atoms with Crippen LogP contribution in [0.5, 0.6) is 11.5 Å². The van der Waals surface area contributed by atoms with Crippen molar-refractivity contribution in [1.29, 1.82) is 0 Å². The highest BCUT2D eigenvalue weighted by Gasteiger charge is 2.11. The van der Waals surface area contributed by atoms with E-state index in [0.29, 0.717) is 33.1 Å². The van der Waals surface area contributed by atoms with Crippen LogP contribution in [0.1, 0.15) is 17.2 Å². The second-order valence-electron chi connectivity index (χ2n) is 5.12. The number of aliphatic hydroxyl groups excluding tert-OH is 1. The summed E-state index contributed by atoms with van der Waals surface area (Å²) in [5.74, 6) is 0.950. The van der Waals surface area contributed by atoms with Crippen molar-refractivity contribution in [2.24, 2.45) is 0 Å². The van der Waals surface area contributed by atoms with Gasteiger partial charge in [-0.3, -0.25) is 0 Å². The second-order valence-corrected chi connectivity index (χ2v) is 5.12. The lowest BCUT2D eigenvalue weighted by molar-refractivity contribution is -0.126. The van der Waals surface area contributed by atoms with Crippen molar-refractivity contribution >= 4 is 0 Å². The van der Waals surface area contributed by atoms with E-state index in [1.807, 2.05) is 0 Å². The maximum atomic E-state index is 11.0. The molecule has 0 aliphatic heterocycles. The average molecular weight is 364 g/mol. The normalized spacial score (nSPS) is 11.4. The van der Waals surface area contributed by atoms with Gasteiger partial charge < -0.3 is 34.7 Å². The smallest absolute Gasteiger partial charge is 0.152 e. The van der Waals surface area contributed by atoms with Gasteiger partial charge in [0.1, 0.15) is 17.6 Å². The number of ether oxygens (including phenoxy) is 2. The minimum absolute atomic E-state index is 0.260. The average Bonchev–Trinajstić information content (AvgIpc) is 2.70. The van der Waals surface area contributed by atoms with Crippen LogP contribution in [0.15, 0.2) is 48.5 Å². The largest absolute Gasteiger partial charge is 0.759 e. The van der Waals surface area contributed by atoms with Gasteiger partial charge in [0, 0.05) is 0 Å². The maximum Gasteiger partial charge on any atom is 0.152 e. The third kappa shape index (κ3) is 5.93. The van der Waals surface area contributed by atoms with Crippen molar-refractivity contribution in [1.82, 2.24) is 10.5 Å². The van der Waals surface area contributed by atoms with Gasteiger partial charge in [-0.25, -0.2) is 10.5 Å². The molecule has 0 amide bonds. The fourth-order valence-corrected chi connectivity index (χ4v) is 2.05. The minimum atomic E-state index is -0.844. The molecule has 2 rings (SSSR count). The quantitative estimate of drug-likeness (QED) is 0.501. The molecule has 0 radical (unpaired) electrons. The number of aliphatic hydroxyl groups is 1. The van der Waals surface area contributed by atoms with Gasteiger partial charge in [0.2, 0.25) is 0 Å². The molecule has 9 heteroatoms. The Kier molecular flexibility index (Phi) is 7.75. The van der Waals surface area contributed by atoms with Crippen LogP contribution in [-0.2, 0) is 9.68 Å². The van der Waals surface area contributed by atoms with Gasteiger partial charge in [0.25, 0.3) is 0 Å². The Labute approximate surface area is 150 Å². The molecule has 0 aliphatic rings. The van der Waals surface area contributed by atoms with Crippen LogP contribution in [0.2, 0.25) is 0 Å². The second kappa shape index (κ2) is 10.0. The fourth-order valence-electron chi connectivity index (χ4n) is 2.05. The van der Waals surface area contributed by atoms with E-state index in [1.165, 1.54) is 14.2 Å². The van der Waals surface area contributed by atoms with Gasteiger partial charge in [-0.05, 0) is 35.4 Å². The summed E-state index contributed by atoms with van der Waals surface area (Å²) in [6.07, 6.45) is -0.844. The summed E-state index contributed by atoms with van der Waals surface area (Å²) in [5.41, 5.74) is 1.31. The van der Waals surface area contributed by atoms with E-state index in [0.717, 1.165) is 0 Å². The molecule has 0 saturated carbocycles. The number of hydroxylamine groups is 4. The molecule has 9 nitrogen and oxygen atoms in total. The van der Waals surface area contributed by atoms with E-state index in [1.54, 1.807) is 48.5 Å². The summed E-state index contributed by atoms with van der Waals surface area (Å²) < 4.78 is 10.4. The molecule has 0 aliphatic carbocycles. The monoisotopic (exact) mass is 364 g/mol. The number of nitrogens with zero attached hydrogens (tertiary/aromatic N) is 2. The highest BCUT2D eigenvalue weighted by atomic mass is 16.9. The van der Waals surface area contributed by atoms with E-state index < -0.39 is 6.10 Å². The number of hydrogen-bond donors (Lipinski definition) is 1. The highest BCUT2D eigenvalue weighted by molar-refractivity contribution is 5.36. The van der Waals surface area contributed by atoms with E-state index >= 15 is 0 Å². The Morgan fingerprint density at radius 2 is 1.12 bits per heavy atom. The molecule has 1 N–H and O–H groups in total. The first kappa shape index (κ1) is 20.1. The summed E-state index contributed by atoms with van der Waals surface area (Å²) in [6, 6.07) is 13.4. The topological polar surface area (TPSA) is 110 Å². The summed E-state index contributed by atoms with van der Waals surface area (Å²) >= 11 is 0. The van der Waals surface area contributed by atoms with Crippen LogP contribution in [0.25, 0.3) is 0 Å². The summed E-state index contributed by atoms with van der Waals surface area (Å²) in [4.78, 5) is 8.83. The summed E-state index contributed by atoms with van der Waals surface area (Å²) in [6.45, 7) is -0.520. The molecule has 0 spiro atoms. The van der Waals surface area contributed by atoms with Crippen molar-refractivity contribution in [3.8, 4) is 11.5 Å². The van der Waals surface area contributed by atoms with Gasteiger partial charge in [-0.2, -0.15) is 0 Å². The van der Waals surface area contributed by atoms with Gasteiger partial charge in [-0.1, -0.05) is 24.3 Å². The van der Waals surface area contributed by atoms with Crippen LogP contribution < -0.4 is 9.47 Å². The van der Waals surface area contributed by atoms with Crippen molar-refractivity contribution in [3.05, 3.63) is 70.1 Å². The van der Waals surface area contributed by atoms with Crippen LogP contribution in [-0.4, -0.2) is 43.2 Å². The molecule has 2 aromatic rings. The zero-order valence-electron chi connectivity index (χ0n) is 14.4. The first-order valence-electron chi connectivity index (χ1n) is 7.64. The van der Waals surface area contributed by atoms with Crippen LogP contribution in [0, 0.1) is 10.4 Å². The molecule has 0 heterocycles. The molecule has 2 aromatic carbocycles. The first-order chi connectivity index (χ1) is 12.5. The molecule has 0 aromatic heterocycles. The number of hydrogen-bond acceptors (Lipinski definition) is 9. The molecule has 0 bridgehead atoms. The van der Waals surface area contributed by atoms with Crippen molar-refractivity contribution in [2.75, 3.05) is 27.7 Å². The molecule has 0 atom stereocenters. The van der Waals surface area contributed by atoms with Crippen LogP contribution >= 0.6 is 0 Å². The van der Waals surface area contributed by atoms with Gasteiger partial charge in [0.15, 0.2) is 13.5 Å². The predicted octanol–water partition coefficient (Wildman–Crippen LogP) is 2.16. The minimum Gasteiger partial charge on any atom is -0.759 e. The Morgan fingerprint density at radius 1 is 0.769 bits per heavy atom. The summed E-state index contributed by atoms with van der Waals surface area (Å²) in [5, 5.41) is 33.0. The third-order valence-electron chi connectivity index (χ3n) is 3.47. The molecule has 142 valence electrons. The Balaban J connectivity index is 1.94. The van der Waals surface area contributed by atoms with E-state index in [9.17, 15) is 15.5 Å². The zero-order valence-corrected chi connectivity index (χ0v) is 14.4. The predicted molar refractivity (Wildman–Crippen MR) is 92.4 cm³/mol. The van der Waals surface area contributed by atoms with E-state index in [2.05, 4.69) is 9.68 Å². The zero-order chi connectivity index (χ0) is 18.9. The van der Waals surface area contributed by atoms with E-state index in [-0.39, 0.29) is 13.5 Å². The molecule has 0 fully saturated rings. The maximum absolute atomic E-state index is 11.0. The van der Waals surface area contributed by atoms with Crippen LogP contribution in [0.3, 0.4) is 0 Å². The first-order valence-corrected chi connectivity index (χ1v) is 7.64. The van der Waals surface area contributed by atoms with Crippen LogP contribution in [0.4, 0.5) is 0 Å². The number of rotatable bonds is 10. The van der Waals surface area contributed by atoms with E-state index in [4.69, 9.17) is 9.47 Å². The fraction of sp³-hybridized carbons (Fsp3) is 0.294. The molecule has 0 saturated heterocycles. The molecular weight excluding hydrogens is 344 g/mol. The molecule has 26 heavy (non-hydrogen) atoms. The molecular formula is C17H20N2O7-2. The Hall–Kier alpha value is -2.24. The highest BCUT2D eigenvalue weighted by Crippen LogP contribution is 2.25. The lowest BCUT2D eigenvalue weighted by Gasteiger charge is -2.24. The van der Waals surface area contributed by atoms with Crippen molar-refractivity contribution in [2.45, 2.75) is 6.10 Å². The number of benzene rings is 2. The molecule has 0 unspecified atom stereocenters. The Bertz CT molecular complexity index is 594. The lowest BCUT2D eigenvalue weighted by atomic mass is 10.0. The Morgan fingerprint density at radius 3 is 1.42 bits per heavy atom. The van der Waals surface area contributed by atoms with Gasteiger partial charge >= 0.3 is 0 Å². The van der Waals surface area contributed by atoms with Gasteiger partial charge in [0.05, 0.1) is 14.2 Å². The third-order valence-corrected chi connectivity index (χ3v) is 3.47.